The quantitative estimate of drug-likeness (QED) is 0.774. The number of rotatable bonds is 7. The number of methoxy groups -OCH3 is 2. The maximum atomic E-state index is 12.0. The molecule has 22 heavy (non-hydrogen) atoms. The zero-order valence-electron chi connectivity index (χ0n) is 13.6. The van der Waals surface area contributed by atoms with E-state index in [1.54, 1.807) is 14.2 Å². The van der Waals surface area contributed by atoms with Gasteiger partial charge in [-0.05, 0) is 43.4 Å². The molecule has 1 heterocycles. The van der Waals surface area contributed by atoms with Crippen LogP contribution in [-0.4, -0.2) is 51.3 Å². The van der Waals surface area contributed by atoms with Crippen LogP contribution in [0.1, 0.15) is 18.9 Å². The molecule has 0 spiro atoms. The van der Waals surface area contributed by atoms with Crippen molar-refractivity contribution in [1.29, 1.82) is 0 Å². The van der Waals surface area contributed by atoms with E-state index in [1.165, 1.54) is 5.56 Å². The first kappa shape index (κ1) is 16.6. The van der Waals surface area contributed by atoms with Crippen LogP contribution in [0.4, 0.5) is 0 Å². The summed E-state index contributed by atoms with van der Waals surface area (Å²) in [5.41, 5.74) is 1.21. The van der Waals surface area contributed by atoms with Crippen LogP contribution >= 0.6 is 0 Å². The van der Waals surface area contributed by atoms with Crippen LogP contribution in [0.15, 0.2) is 18.2 Å². The summed E-state index contributed by atoms with van der Waals surface area (Å²) >= 11 is 0. The van der Waals surface area contributed by atoms with Gasteiger partial charge in [-0.2, -0.15) is 0 Å². The predicted molar refractivity (Wildman–Crippen MR) is 84.4 cm³/mol. The van der Waals surface area contributed by atoms with Crippen LogP contribution in [0.3, 0.4) is 0 Å². The van der Waals surface area contributed by atoms with Crippen LogP contribution in [-0.2, 0) is 16.0 Å². The molecule has 1 aliphatic heterocycles. The third-order valence-corrected chi connectivity index (χ3v) is 4.04. The first-order valence-electron chi connectivity index (χ1n) is 7.74. The Morgan fingerprint density at radius 2 is 2.05 bits per heavy atom. The van der Waals surface area contributed by atoms with E-state index in [2.05, 4.69) is 6.07 Å². The fourth-order valence-corrected chi connectivity index (χ4v) is 2.85. The Hall–Kier alpha value is -1.75. The lowest BCUT2D eigenvalue weighted by atomic mass is 9.98. The van der Waals surface area contributed by atoms with Gasteiger partial charge in [-0.3, -0.25) is 4.79 Å². The zero-order chi connectivity index (χ0) is 15.9. The minimum atomic E-state index is 0.0941. The number of benzene rings is 1. The fraction of sp³-hybridized carbons (Fsp3) is 0.588. The summed E-state index contributed by atoms with van der Waals surface area (Å²) in [7, 11) is 3.28. The number of hydrogen-bond acceptors (Lipinski definition) is 4. The SMILES string of the molecule is CCOCC(=O)N1CCC(Cc2ccc(OC)c(OC)c2)C1. The van der Waals surface area contributed by atoms with Crippen LogP contribution in [0.5, 0.6) is 11.5 Å². The lowest BCUT2D eigenvalue weighted by Crippen LogP contribution is -2.32. The third kappa shape index (κ3) is 4.13. The van der Waals surface area contributed by atoms with E-state index in [0.29, 0.717) is 12.5 Å². The van der Waals surface area contributed by atoms with Crippen molar-refractivity contribution in [2.75, 3.05) is 40.5 Å². The summed E-state index contributed by atoms with van der Waals surface area (Å²) in [6, 6.07) is 6.01. The fourth-order valence-electron chi connectivity index (χ4n) is 2.85. The third-order valence-electron chi connectivity index (χ3n) is 4.04. The van der Waals surface area contributed by atoms with Gasteiger partial charge in [0.25, 0.3) is 0 Å². The van der Waals surface area contributed by atoms with E-state index in [0.717, 1.165) is 37.4 Å². The molecule has 1 unspecified atom stereocenters. The number of nitrogens with zero attached hydrogens (tertiary/aromatic N) is 1. The summed E-state index contributed by atoms with van der Waals surface area (Å²) in [6.07, 6.45) is 1.98. The number of amides is 1. The number of hydrogen-bond donors (Lipinski definition) is 0. The van der Waals surface area contributed by atoms with Crippen molar-refractivity contribution in [1.82, 2.24) is 4.90 Å². The van der Waals surface area contributed by atoms with Gasteiger partial charge in [0.05, 0.1) is 14.2 Å². The molecule has 0 bridgehead atoms. The molecule has 1 saturated heterocycles. The van der Waals surface area contributed by atoms with Crippen molar-refractivity contribution in [3.63, 3.8) is 0 Å². The Morgan fingerprint density at radius 1 is 1.27 bits per heavy atom. The molecular weight excluding hydrogens is 282 g/mol. The van der Waals surface area contributed by atoms with Gasteiger partial charge in [0.1, 0.15) is 6.61 Å². The predicted octanol–water partition coefficient (Wildman–Crippen LogP) is 2.13. The van der Waals surface area contributed by atoms with Gasteiger partial charge in [0.15, 0.2) is 11.5 Å². The van der Waals surface area contributed by atoms with Crippen LogP contribution < -0.4 is 9.47 Å². The summed E-state index contributed by atoms with van der Waals surface area (Å²) in [6.45, 7) is 4.30. The molecule has 1 fully saturated rings. The first-order valence-corrected chi connectivity index (χ1v) is 7.74. The summed E-state index contributed by atoms with van der Waals surface area (Å²) in [5.74, 6) is 2.08. The van der Waals surface area contributed by atoms with Crippen molar-refractivity contribution in [2.24, 2.45) is 5.92 Å². The van der Waals surface area contributed by atoms with E-state index in [-0.39, 0.29) is 12.5 Å². The van der Waals surface area contributed by atoms with Crippen LogP contribution in [0.25, 0.3) is 0 Å². The number of ether oxygens (including phenoxy) is 3. The Balaban J connectivity index is 1.91. The number of carbonyl (C=O) groups is 1. The highest BCUT2D eigenvalue weighted by Gasteiger charge is 2.26. The second kappa shape index (κ2) is 8.03. The van der Waals surface area contributed by atoms with Gasteiger partial charge < -0.3 is 19.1 Å². The normalized spacial score (nSPS) is 17.6. The Bertz CT molecular complexity index is 503. The second-order valence-electron chi connectivity index (χ2n) is 5.53. The van der Waals surface area contributed by atoms with Gasteiger partial charge in [-0.15, -0.1) is 0 Å². The van der Waals surface area contributed by atoms with Gasteiger partial charge in [0.2, 0.25) is 5.91 Å². The number of likely N-dealkylation sites (tertiary alicyclic amines) is 1. The highest BCUT2D eigenvalue weighted by molar-refractivity contribution is 5.77. The lowest BCUT2D eigenvalue weighted by Gasteiger charge is -2.17. The molecule has 0 aliphatic carbocycles. The van der Waals surface area contributed by atoms with Gasteiger partial charge in [-0.25, -0.2) is 0 Å². The average Bonchev–Trinajstić information content (AvgIpc) is 3.01. The van der Waals surface area contributed by atoms with Gasteiger partial charge in [-0.1, -0.05) is 6.07 Å². The molecule has 0 saturated carbocycles. The molecule has 1 aromatic rings. The first-order chi connectivity index (χ1) is 10.7. The maximum Gasteiger partial charge on any atom is 0.248 e. The average molecular weight is 307 g/mol. The topological polar surface area (TPSA) is 48.0 Å². The Labute approximate surface area is 132 Å². The monoisotopic (exact) mass is 307 g/mol. The lowest BCUT2D eigenvalue weighted by molar-refractivity contribution is -0.135. The molecule has 122 valence electrons. The molecule has 2 rings (SSSR count). The molecule has 0 aromatic heterocycles. The van der Waals surface area contributed by atoms with E-state index in [9.17, 15) is 4.79 Å². The van der Waals surface area contributed by atoms with Crippen molar-refractivity contribution in [3.05, 3.63) is 23.8 Å². The second-order valence-corrected chi connectivity index (χ2v) is 5.53. The smallest absolute Gasteiger partial charge is 0.248 e. The summed E-state index contributed by atoms with van der Waals surface area (Å²) in [5, 5.41) is 0. The number of carbonyl (C=O) groups excluding carboxylic acids is 1. The summed E-state index contributed by atoms with van der Waals surface area (Å²) < 4.78 is 15.8. The van der Waals surface area contributed by atoms with E-state index in [1.807, 2.05) is 24.0 Å². The highest BCUT2D eigenvalue weighted by Crippen LogP contribution is 2.30. The van der Waals surface area contributed by atoms with E-state index < -0.39 is 0 Å². The summed E-state index contributed by atoms with van der Waals surface area (Å²) in [4.78, 5) is 13.9. The molecule has 0 N–H and O–H groups in total. The minimum absolute atomic E-state index is 0.0941. The molecule has 1 aliphatic rings. The van der Waals surface area contributed by atoms with Crippen LogP contribution in [0, 0.1) is 5.92 Å². The molecular formula is C17H25NO4. The molecule has 1 aromatic carbocycles. The van der Waals surface area contributed by atoms with Gasteiger partial charge in [0, 0.05) is 19.7 Å². The standard InChI is InChI=1S/C17H25NO4/c1-4-22-12-17(19)18-8-7-14(11-18)9-13-5-6-15(20-2)16(10-13)21-3/h5-6,10,14H,4,7-9,11-12H2,1-3H3. The Morgan fingerprint density at radius 3 is 2.73 bits per heavy atom. The van der Waals surface area contributed by atoms with Crippen molar-refractivity contribution >= 4 is 5.91 Å². The minimum Gasteiger partial charge on any atom is -0.493 e. The van der Waals surface area contributed by atoms with Crippen molar-refractivity contribution < 1.29 is 19.0 Å². The van der Waals surface area contributed by atoms with Crippen molar-refractivity contribution in [2.45, 2.75) is 19.8 Å². The molecule has 1 amide bonds. The maximum absolute atomic E-state index is 12.0. The molecule has 5 nitrogen and oxygen atoms in total. The van der Waals surface area contributed by atoms with Crippen LogP contribution in [0.2, 0.25) is 0 Å². The molecule has 1 atom stereocenters. The van der Waals surface area contributed by atoms with E-state index in [4.69, 9.17) is 14.2 Å². The largest absolute Gasteiger partial charge is 0.493 e. The Kier molecular flexibility index (Phi) is 6.07. The zero-order valence-corrected chi connectivity index (χ0v) is 13.6. The van der Waals surface area contributed by atoms with Crippen molar-refractivity contribution in [3.8, 4) is 11.5 Å². The highest BCUT2D eigenvalue weighted by atomic mass is 16.5. The van der Waals surface area contributed by atoms with E-state index >= 15 is 0 Å². The van der Waals surface area contributed by atoms with Gasteiger partial charge >= 0.3 is 0 Å². The molecule has 0 radical (unpaired) electrons. The molecule has 5 heteroatoms.